The zero-order chi connectivity index (χ0) is 29.0. The van der Waals surface area contributed by atoms with Crippen molar-refractivity contribution in [1.29, 1.82) is 0 Å². The fourth-order valence-electron chi connectivity index (χ4n) is 4.13. The fourth-order valence-corrected chi connectivity index (χ4v) is 7.06. The number of anilines is 1. The maximum atomic E-state index is 13.1. The third-order valence-electron chi connectivity index (χ3n) is 5.91. The standard InChI is InChI=1S/C20H23N9O8S3/c21-13(9-2-1-3-10(6-9)22-8-30)16(31)24-14-17(32)29-15(19(33)34)11(7-38-18(14)29)12(4-5-23-40(35,36)37)39-20-25-27-28-26-20/h1-3,6,8,12-14,18,23H,4-5,7,21H2,(H,22,30)(H,24,31)(H,33,34)(H,35,36,37)(H,25,26,27,28)/t12?,13?,14?,18-/m0/s1. The molecule has 3 unspecified atom stereocenters. The Hall–Kier alpha value is -3.56. The number of benzene rings is 1. The number of aromatic nitrogens is 4. The molecular formula is C20H23N9O8S3. The monoisotopic (exact) mass is 613 g/mol. The number of thioether (sulfide) groups is 2. The van der Waals surface area contributed by atoms with Crippen molar-refractivity contribution in [1.82, 2.24) is 35.6 Å². The summed E-state index contributed by atoms with van der Waals surface area (Å²) >= 11 is 2.23. The van der Waals surface area contributed by atoms with Crippen LogP contribution in [0.15, 0.2) is 40.7 Å². The zero-order valence-corrected chi connectivity index (χ0v) is 22.7. The molecule has 40 heavy (non-hydrogen) atoms. The molecule has 1 aromatic carbocycles. The van der Waals surface area contributed by atoms with Crippen molar-refractivity contribution in [2.24, 2.45) is 5.73 Å². The lowest BCUT2D eigenvalue weighted by atomic mass is 9.99. The predicted molar refractivity (Wildman–Crippen MR) is 141 cm³/mol. The lowest BCUT2D eigenvalue weighted by Gasteiger charge is -2.50. The minimum absolute atomic E-state index is 0.0254. The molecule has 214 valence electrons. The minimum atomic E-state index is -4.49. The number of carbonyl (C=O) groups excluding carboxylic acids is 3. The summed E-state index contributed by atoms with van der Waals surface area (Å²) in [7, 11) is -4.49. The molecule has 2 aliphatic rings. The van der Waals surface area contributed by atoms with Gasteiger partial charge in [0.25, 0.3) is 5.91 Å². The molecule has 4 rings (SSSR count). The summed E-state index contributed by atoms with van der Waals surface area (Å²) in [4.78, 5) is 50.1. The molecule has 0 bridgehead atoms. The maximum absolute atomic E-state index is 13.1. The first kappa shape index (κ1) is 29.4. The largest absolute Gasteiger partial charge is 0.477 e. The molecule has 0 radical (unpaired) electrons. The first-order valence-corrected chi connectivity index (χ1v) is 14.8. The molecule has 8 N–H and O–H groups in total. The Morgan fingerprint density at radius 3 is 2.80 bits per heavy atom. The third-order valence-corrected chi connectivity index (χ3v) is 8.98. The van der Waals surface area contributed by atoms with Gasteiger partial charge in [-0.05, 0) is 40.1 Å². The van der Waals surface area contributed by atoms with Gasteiger partial charge in [0, 0.05) is 23.2 Å². The number of hydrogen-bond acceptors (Lipinski definition) is 12. The molecule has 3 heterocycles. The highest BCUT2D eigenvalue weighted by Gasteiger charge is 2.55. The van der Waals surface area contributed by atoms with E-state index in [1.165, 1.54) is 17.8 Å². The SMILES string of the molecule is NC(C(=O)NC1C(=O)N2C(C(=O)O)=C(C(CCNS(=O)(=O)O)Sc3nnn[nH]3)CS[C@@H]12)c1cccc(NC=O)c1. The van der Waals surface area contributed by atoms with Crippen molar-refractivity contribution in [2.75, 3.05) is 17.6 Å². The van der Waals surface area contributed by atoms with Gasteiger partial charge in [-0.3, -0.25) is 23.8 Å². The first-order valence-electron chi connectivity index (χ1n) is 11.4. The summed E-state index contributed by atoms with van der Waals surface area (Å²) in [6, 6.07) is 4.10. The van der Waals surface area contributed by atoms with Crippen LogP contribution in [0.4, 0.5) is 5.69 Å². The Labute approximate surface area is 235 Å². The summed E-state index contributed by atoms with van der Waals surface area (Å²) in [5.74, 6) is -2.60. The molecular weight excluding hydrogens is 590 g/mol. The van der Waals surface area contributed by atoms with Crippen LogP contribution in [0.2, 0.25) is 0 Å². The highest BCUT2D eigenvalue weighted by molar-refractivity contribution is 8.01. The van der Waals surface area contributed by atoms with Crippen LogP contribution in [0.25, 0.3) is 0 Å². The Bertz CT molecular complexity index is 1440. The number of β-lactam (4-membered cyclic amide) rings is 1. The summed E-state index contributed by atoms with van der Waals surface area (Å²) in [5, 5.41) is 27.1. The van der Waals surface area contributed by atoms with Gasteiger partial charge in [0.2, 0.25) is 17.5 Å². The topological polar surface area (TPSA) is 263 Å². The first-order chi connectivity index (χ1) is 19.0. The second-order valence-electron chi connectivity index (χ2n) is 8.41. The van der Waals surface area contributed by atoms with Gasteiger partial charge < -0.3 is 21.5 Å². The van der Waals surface area contributed by atoms with Crippen LogP contribution in [-0.4, -0.2) is 96.8 Å². The number of aliphatic carboxylic acids is 1. The third kappa shape index (κ3) is 6.59. The maximum Gasteiger partial charge on any atom is 0.352 e. The van der Waals surface area contributed by atoms with Gasteiger partial charge in [0.1, 0.15) is 23.2 Å². The molecule has 2 aliphatic heterocycles. The van der Waals surface area contributed by atoms with E-state index >= 15 is 0 Å². The minimum Gasteiger partial charge on any atom is -0.477 e. The molecule has 0 aliphatic carbocycles. The molecule has 3 amide bonds. The number of tetrazole rings is 1. The van der Waals surface area contributed by atoms with Crippen molar-refractivity contribution in [3.05, 3.63) is 41.1 Å². The van der Waals surface area contributed by atoms with E-state index in [-0.39, 0.29) is 29.6 Å². The van der Waals surface area contributed by atoms with Crippen LogP contribution in [0.1, 0.15) is 18.0 Å². The number of amides is 3. The van der Waals surface area contributed by atoms with Crippen LogP contribution in [0.5, 0.6) is 0 Å². The van der Waals surface area contributed by atoms with E-state index in [1.807, 2.05) is 4.72 Å². The highest BCUT2D eigenvalue weighted by atomic mass is 32.2. The molecule has 4 atom stereocenters. The lowest BCUT2D eigenvalue weighted by Crippen LogP contribution is -2.71. The summed E-state index contributed by atoms with van der Waals surface area (Å²) < 4.78 is 33.2. The summed E-state index contributed by atoms with van der Waals surface area (Å²) in [6.07, 6.45) is 0.502. The number of nitrogens with two attached hydrogens (primary N) is 1. The number of rotatable bonds is 13. The van der Waals surface area contributed by atoms with Crippen LogP contribution in [0, 0.1) is 0 Å². The van der Waals surface area contributed by atoms with Crippen molar-refractivity contribution < 1.29 is 37.3 Å². The number of nitrogens with zero attached hydrogens (tertiary/aromatic N) is 4. The number of carbonyl (C=O) groups is 4. The molecule has 2 aromatic rings. The molecule has 1 saturated heterocycles. The number of nitrogens with one attached hydrogen (secondary N) is 4. The van der Waals surface area contributed by atoms with E-state index < -0.39 is 50.8 Å². The van der Waals surface area contributed by atoms with E-state index in [2.05, 4.69) is 31.3 Å². The van der Waals surface area contributed by atoms with Gasteiger partial charge in [0.15, 0.2) is 0 Å². The molecule has 1 fully saturated rings. The predicted octanol–water partition coefficient (Wildman–Crippen LogP) is -1.55. The number of hydrogen-bond donors (Lipinski definition) is 7. The average Bonchev–Trinajstić information content (AvgIpc) is 3.42. The second-order valence-corrected chi connectivity index (χ2v) is 11.9. The number of H-pyrrole nitrogens is 1. The van der Waals surface area contributed by atoms with Gasteiger partial charge in [-0.25, -0.2) is 9.89 Å². The van der Waals surface area contributed by atoms with Gasteiger partial charge in [0.05, 0.1) is 0 Å². The second kappa shape index (κ2) is 12.3. The van der Waals surface area contributed by atoms with E-state index in [4.69, 9.17) is 10.3 Å². The van der Waals surface area contributed by atoms with E-state index in [9.17, 15) is 32.7 Å². The van der Waals surface area contributed by atoms with Gasteiger partial charge in [-0.1, -0.05) is 23.9 Å². The van der Waals surface area contributed by atoms with Crippen molar-refractivity contribution >= 4 is 63.7 Å². The fraction of sp³-hybridized carbons (Fsp3) is 0.350. The van der Waals surface area contributed by atoms with Crippen molar-refractivity contribution in [3.8, 4) is 0 Å². The Balaban J connectivity index is 1.52. The van der Waals surface area contributed by atoms with Crippen molar-refractivity contribution in [2.45, 2.75) is 34.3 Å². The lowest BCUT2D eigenvalue weighted by molar-refractivity contribution is -0.150. The van der Waals surface area contributed by atoms with Gasteiger partial charge in [-0.2, -0.15) is 13.1 Å². The average molecular weight is 614 g/mol. The Morgan fingerprint density at radius 1 is 1.38 bits per heavy atom. The Kier molecular flexibility index (Phi) is 9.05. The van der Waals surface area contributed by atoms with E-state index in [0.717, 1.165) is 16.7 Å². The zero-order valence-electron chi connectivity index (χ0n) is 20.3. The quantitative estimate of drug-likeness (QED) is 0.0584. The van der Waals surface area contributed by atoms with Crippen LogP contribution < -0.4 is 21.1 Å². The summed E-state index contributed by atoms with van der Waals surface area (Å²) in [5.41, 5.74) is 6.89. The normalized spacial score (nSPS) is 20.2. The van der Waals surface area contributed by atoms with Crippen LogP contribution >= 0.6 is 23.5 Å². The molecule has 0 spiro atoms. The van der Waals surface area contributed by atoms with Gasteiger partial charge in [-0.15, -0.1) is 16.9 Å². The van der Waals surface area contributed by atoms with Crippen molar-refractivity contribution in [3.63, 3.8) is 0 Å². The smallest absolute Gasteiger partial charge is 0.352 e. The van der Waals surface area contributed by atoms with Gasteiger partial charge >= 0.3 is 16.3 Å². The number of fused-ring (bicyclic) bond motifs is 1. The van der Waals surface area contributed by atoms with E-state index in [1.54, 1.807) is 18.2 Å². The summed E-state index contributed by atoms with van der Waals surface area (Å²) in [6.45, 7) is -0.239. The molecule has 17 nitrogen and oxygen atoms in total. The number of aromatic amines is 1. The number of carboxylic acid groups (broad SMARTS) is 1. The molecule has 0 saturated carbocycles. The number of carboxylic acids is 1. The molecule has 1 aromatic heterocycles. The van der Waals surface area contributed by atoms with Crippen LogP contribution in [0.3, 0.4) is 0 Å². The van der Waals surface area contributed by atoms with Crippen LogP contribution in [-0.2, 0) is 29.5 Å². The van der Waals surface area contributed by atoms with E-state index in [0.29, 0.717) is 23.2 Å². The molecule has 20 heteroatoms. The Morgan fingerprint density at radius 2 is 2.15 bits per heavy atom. The highest BCUT2D eigenvalue weighted by Crippen LogP contribution is 2.44.